The highest BCUT2D eigenvalue weighted by Crippen LogP contribution is 2.21. The third-order valence-corrected chi connectivity index (χ3v) is 2.12. The van der Waals surface area contributed by atoms with Gasteiger partial charge in [-0.2, -0.15) is 0 Å². The van der Waals surface area contributed by atoms with Gasteiger partial charge in [-0.15, -0.1) is 13.2 Å². The summed E-state index contributed by atoms with van der Waals surface area (Å²) in [5, 5.41) is 9.10. The molecule has 0 atom stereocenters. The van der Waals surface area contributed by atoms with Gasteiger partial charge in [0.05, 0.1) is 0 Å². The molecule has 0 saturated carbocycles. The molecular weight excluding hydrogens is 257 g/mol. The minimum Gasteiger partial charge on any atom is -0.508 e. The average molecular weight is 270 g/mol. The molecule has 0 unspecified atom stereocenters. The standard InChI is InChI=1S/C14H13F3O2/c1-10(3-4-11(2)19-14(15,16)17)9-12-5-7-13(18)8-6-12/h3-8,18H,1-2,9H2/b4-3-. The molecule has 0 amide bonds. The van der Waals surface area contributed by atoms with Gasteiger partial charge in [-0.05, 0) is 30.2 Å². The van der Waals surface area contributed by atoms with Crippen LogP contribution >= 0.6 is 0 Å². The van der Waals surface area contributed by atoms with Crippen molar-refractivity contribution in [3.8, 4) is 5.75 Å². The predicted molar refractivity (Wildman–Crippen MR) is 66.4 cm³/mol. The molecule has 1 aromatic rings. The van der Waals surface area contributed by atoms with Crippen molar-refractivity contribution in [2.75, 3.05) is 0 Å². The van der Waals surface area contributed by atoms with E-state index in [2.05, 4.69) is 17.9 Å². The van der Waals surface area contributed by atoms with Gasteiger partial charge in [0.1, 0.15) is 11.5 Å². The molecule has 0 aromatic heterocycles. The molecule has 0 fully saturated rings. The third-order valence-electron chi connectivity index (χ3n) is 2.12. The number of alkyl halides is 3. The summed E-state index contributed by atoms with van der Waals surface area (Å²) in [6, 6.07) is 6.46. The van der Waals surface area contributed by atoms with Crippen LogP contribution in [0, 0.1) is 0 Å². The van der Waals surface area contributed by atoms with Crippen LogP contribution in [0.15, 0.2) is 60.9 Å². The fourth-order valence-corrected chi connectivity index (χ4v) is 1.33. The first-order valence-electron chi connectivity index (χ1n) is 5.35. The van der Waals surface area contributed by atoms with Crippen LogP contribution < -0.4 is 0 Å². The second-order valence-corrected chi connectivity index (χ2v) is 3.85. The van der Waals surface area contributed by atoms with Gasteiger partial charge >= 0.3 is 6.36 Å². The first-order valence-corrected chi connectivity index (χ1v) is 5.35. The van der Waals surface area contributed by atoms with Crippen molar-refractivity contribution in [1.82, 2.24) is 0 Å². The second kappa shape index (κ2) is 6.13. The Balaban J connectivity index is 2.51. The van der Waals surface area contributed by atoms with Crippen molar-refractivity contribution < 1.29 is 23.0 Å². The number of aromatic hydroxyl groups is 1. The van der Waals surface area contributed by atoms with Crippen LogP contribution in [0.5, 0.6) is 5.75 Å². The summed E-state index contributed by atoms with van der Waals surface area (Å²) in [7, 11) is 0. The molecule has 0 heterocycles. The molecule has 1 N–H and O–H groups in total. The highest BCUT2D eigenvalue weighted by atomic mass is 19.4. The number of rotatable bonds is 5. The highest BCUT2D eigenvalue weighted by molar-refractivity contribution is 5.32. The lowest BCUT2D eigenvalue weighted by Crippen LogP contribution is -2.11. The molecule has 2 nitrogen and oxygen atoms in total. The molecule has 0 aliphatic heterocycles. The van der Waals surface area contributed by atoms with Crippen LogP contribution in [0.4, 0.5) is 13.2 Å². The Morgan fingerprint density at radius 1 is 1.16 bits per heavy atom. The van der Waals surface area contributed by atoms with Crippen molar-refractivity contribution in [3.05, 3.63) is 66.5 Å². The van der Waals surface area contributed by atoms with E-state index in [1.54, 1.807) is 12.1 Å². The first-order chi connectivity index (χ1) is 8.76. The molecule has 0 aliphatic carbocycles. The minimum atomic E-state index is -4.74. The molecule has 1 aromatic carbocycles. The van der Waals surface area contributed by atoms with Gasteiger partial charge in [-0.1, -0.05) is 36.9 Å². The maximum absolute atomic E-state index is 11.9. The van der Waals surface area contributed by atoms with Crippen molar-refractivity contribution in [2.45, 2.75) is 12.8 Å². The zero-order valence-corrected chi connectivity index (χ0v) is 10.1. The number of allylic oxidation sites excluding steroid dienone is 3. The van der Waals surface area contributed by atoms with E-state index >= 15 is 0 Å². The van der Waals surface area contributed by atoms with E-state index < -0.39 is 12.1 Å². The van der Waals surface area contributed by atoms with E-state index in [-0.39, 0.29) is 5.75 Å². The summed E-state index contributed by atoms with van der Waals surface area (Å²) >= 11 is 0. The number of halogens is 3. The topological polar surface area (TPSA) is 29.5 Å². The molecule has 1 rings (SSSR count). The summed E-state index contributed by atoms with van der Waals surface area (Å²) < 4.78 is 39.2. The SMILES string of the molecule is C=C(/C=C\C(=C)OC(F)(F)F)Cc1ccc(O)cc1. The van der Waals surface area contributed by atoms with Crippen LogP contribution in [0.2, 0.25) is 0 Å². The lowest BCUT2D eigenvalue weighted by Gasteiger charge is -2.08. The van der Waals surface area contributed by atoms with E-state index in [1.165, 1.54) is 18.2 Å². The first kappa shape index (κ1) is 14.9. The number of phenols is 1. The maximum Gasteiger partial charge on any atom is 0.573 e. The molecule has 19 heavy (non-hydrogen) atoms. The number of hydrogen-bond acceptors (Lipinski definition) is 2. The van der Waals surface area contributed by atoms with Crippen LogP contribution in [-0.2, 0) is 11.2 Å². The Morgan fingerprint density at radius 2 is 1.74 bits per heavy atom. The van der Waals surface area contributed by atoms with Crippen molar-refractivity contribution in [1.29, 1.82) is 0 Å². The lowest BCUT2D eigenvalue weighted by atomic mass is 10.1. The smallest absolute Gasteiger partial charge is 0.508 e. The van der Waals surface area contributed by atoms with Crippen LogP contribution in [0.1, 0.15) is 5.56 Å². The molecule has 0 aliphatic rings. The second-order valence-electron chi connectivity index (χ2n) is 3.85. The maximum atomic E-state index is 11.9. The minimum absolute atomic E-state index is 0.150. The Morgan fingerprint density at radius 3 is 2.26 bits per heavy atom. The number of hydrogen-bond donors (Lipinski definition) is 1. The summed E-state index contributed by atoms with van der Waals surface area (Å²) in [6.07, 6.45) is -1.77. The third kappa shape index (κ3) is 6.35. The predicted octanol–water partition coefficient (Wildman–Crippen LogP) is 4.10. The van der Waals surface area contributed by atoms with Gasteiger partial charge in [-0.3, -0.25) is 0 Å². The highest BCUT2D eigenvalue weighted by Gasteiger charge is 2.30. The molecule has 0 bridgehead atoms. The van der Waals surface area contributed by atoms with Crippen molar-refractivity contribution >= 4 is 0 Å². The van der Waals surface area contributed by atoms with Crippen LogP contribution in [0.25, 0.3) is 0 Å². The summed E-state index contributed by atoms with van der Waals surface area (Å²) in [5.74, 6) is -0.351. The lowest BCUT2D eigenvalue weighted by molar-refractivity contribution is -0.303. The van der Waals surface area contributed by atoms with Crippen LogP contribution in [0.3, 0.4) is 0 Å². The van der Waals surface area contributed by atoms with Gasteiger partial charge < -0.3 is 9.84 Å². The summed E-state index contributed by atoms with van der Waals surface area (Å²) in [5.41, 5.74) is 1.48. The average Bonchev–Trinajstić information content (AvgIpc) is 2.27. The van der Waals surface area contributed by atoms with E-state index in [4.69, 9.17) is 5.11 Å². The van der Waals surface area contributed by atoms with E-state index in [0.717, 1.165) is 11.6 Å². The van der Waals surface area contributed by atoms with E-state index in [1.807, 2.05) is 0 Å². The Kier molecular flexibility index (Phi) is 4.80. The fraction of sp³-hybridized carbons (Fsp3) is 0.143. The molecule has 0 saturated heterocycles. The Bertz CT molecular complexity index is 484. The normalized spacial score (nSPS) is 11.5. The quantitative estimate of drug-likeness (QED) is 0.644. The van der Waals surface area contributed by atoms with Crippen molar-refractivity contribution in [2.24, 2.45) is 0 Å². The van der Waals surface area contributed by atoms with Gasteiger partial charge in [0.25, 0.3) is 0 Å². The van der Waals surface area contributed by atoms with Crippen LogP contribution in [-0.4, -0.2) is 11.5 Å². The van der Waals surface area contributed by atoms with Gasteiger partial charge in [0.15, 0.2) is 0 Å². The van der Waals surface area contributed by atoms with E-state index in [9.17, 15) is 13.2 Å². The molecule has 102 valence electrons. The summed E-state index contributed by atoms with van der Waals surface area (Å²) in [6.45, 7) is 6.84. The Hall–Kier alpha value is -2.17. The number of phenolic OH excluding ortho intramolecular Hbond substituents is 1. The van der Waals surface area contributed by atoms with Gasteiger partial charge in [0.2, 0.25) is 0 Å². The molecule has 5 heteroatoms. The molecular formula is C14H13F3O2. The Labute approximate surface area is 109 Å². The van der Waals surface area contributed by atoms with Gasteiger partial charge in [0, 0.05) is 0 Å². The zero-order valence-electron chi connectivity index (χ0n) is 10.1. The number of ether oxygens (including phenoxy) is 1. The monoisotopic (exact) mass is 270 g/mol. The fourth-order valence-electron chi connectivity index (χ4n) is 1.33. The number of benzene rings is 1. The van der Waals surface area contributed by atoms with Gasteiger partial charge in [-0.25, -0.2) is 0 Å². The molecule has 0 spiro atoms. The largest absolute Gasteiger partial charge is 0.573 e. The summed E-state index contributed by atoms with van der Waals surface area (Å²) in [4.78, 5) is 0. The van der Waals surface area contributed by atoms with Crippen molar-refractivity contribution in [3.63, 3.8) is 0 Å². The van der Waals surface area contributed by atoms with E-state index in [0.29, 0.717) is 12.0 Å². The zero-order chi connectivity index (χ0) is 14.5. The molecule has 0 radical (unpaired) electrons.